The first kappa shape index (κ1) is 18.9. The molecule has 0 amide bonds. The number of carbonyl (C=O) groups is 2. The first-order chi connectivity index (χ1) is 9.52. The highest BCUT2D eigenvalue weighted by molar-refractivity contribution is 5.72. The molecule has 20 heavy (non-hydrogen) atoms. The Labute approximate surface area is 120 Å². The number of ether oxygens (including phenoxy) is 2. The maximum atomic E-state index is 10.9. The normalized spacial score (nSPS) is 13.9. The molecular weight excluding hydrogens is 264 g/mol. The maximum Gasteiger partial charge on any atom is 0.332 e. The lowest BCUT2D eigenvalue weighted by atomic mass is 10.1. The van der Waals surface area contributed by atoms with Crippen LogP contribution in [-0.2, 0) is 19.1 Å². The Bertz CT molecular complexity index is 251. The Morgan fingerprint density at radius 3 is 1.45 bits per heavy atom. The topological polar surface area (TPSA) is 93.1 Å². The standard InChI is InChI=1S/C14H26O6/c1-3-5-7-11(13(15)16)19-9-10-20-12(14(17)18)8-6-4-2/h11-12H,3-10H2,1-2H3,(H,15,16)(H,17,18). The second kappa shape index (κ2) is 11.7. The van der Waals surface area contributed by atoms with Gasteiger partial charge in [0.05, 0.1) is 13.2 Å². The highest BCUT2D eigenvalue weighted by Crippen LogP contribution is 2.07. The van der Waals surface area contributed by atoms with E-state index in [9.17, 15) is 9.59 Å². The zero-order valence-corrected chi connectivity index (χ0v) is 12.3. The van der Waals surface area contributed by atoms with Crippen LogP contribution in [0.2, 0.25) is 0 Å². The molecule has 6 nitrogen and oxygen atoms in total. The van der Waals surface area contributed by atoms with Gasteiger partial charge in [0.25, 0.3) is 0 Å². The van der Waals surface area contributed by atoms with Gasteiger partial charge in [-0.15, -0.1) is 0 Å². The third-order valence-electron chi connectivity index (χ3n) is 2.91. The van der Waals surface area contributed by atoms with Gasteiger partial charge in [0.15, 0.2) is 12.2 Å². The monoisotopic (exact) mass is 290 g/mol. The molecule has 0 aliphatic rings. The van der Waals surface area contributed by atoms with E-state index in [4.69, 9.17) is 19.7 Å². The molecule has 0 fully saturated rings. The number of carboxylic acid groups (broad SMARTS) is 2. The van der Waals surface area contributed by atoms with Crippen LogP contribution in [0.25, 0.3) is 0 Å². The molecule has 118 valence electrons. The van der Waals surface area contributed by atoms with Crippen LogP contribution >= 0.6 is 0 Å². The molecule has 0 radical (unpaired) electrons. The summed E-state index contributed by atoms with van der Waals surface area (Å²) in [5.74, 6) is -1.97. The molecule has 0 saturated heterocycles. The van der Waals surface area contributed by atoms with Crippen LogP contribution in [0.5, 0.6) is 0 Å². The summed E-state index contributed by atoms with van der Waals surface area (Å²) in [6, 6.07) is 0. The summed E-state index contributed by atoms with van der Waals surface area (Å²) in [7, 11) is 0. The number of aliphatic carboxylic acids is 2. The molecule has 2 unspecified atom stereocenters. The summed E-state index contributed by atoms with van der Waals surface area (Å²) >= 11 is 0. The number of rotatable bonds is 13. The van der Waals surface area contributed by atoms with E-state index < -0.39 is 24.1 Å². The van der Waals surface area contributed by atoms with Crippen molar-refractivity contribution in [2.45, 2.75) is 64.6 Å². The van der Waals surface area contributed by atoms with Crippen molar-refractivity contribution in [3.63, 3.8) is 0 Å². The minimum atomic E-state index is -0.987. The van der Waals surface area contributed by atoms with Crippen molar-refractivity contribution >= 4 is 11.9 Å². The molecule has 2 atom stereocenters. The Balaban J connectivity index is 3.94. The average molecular weight is 290 g/mol. The van der Waals surface area contributed by atoms with Gasteiger partial charge in [-0.05, 0) is 12.8 Å². The van der Waals surface area contributed by atoms with Crippen LogP contribution < -0.4 is 0 Å². The SMILES string of the molecule is CCCCC(OCCOC(CCCC)C(=O)O)C(=O)O. The first-order valence-corrected chi connectivity index (χ1v) is 7.21. The fourth-order valence-electron chi connectivity index (χ4n) is 1.72. The predicted octanol–water partition coefficient (Wildman–Crippen LogP) is 2.31. The fraction of sp³-hybridized carbons (Fsp3) is 0.857. The third kappa shape index (κ3) is 8.87. The molecule has 0 aromatic carbocycles. The largest absolute Gasteiger partial charge is 0.479 e. The van der Waals surface area contributed by atoms with Crippen molar-refractivity contribution in [3.8, 4) is 0 Å². The van der Waals surface area contributed by atoms with Crippen molar-refractivity contribution in [2.24, 2.45) is 0 Å². The number of unbranched alkanes of at least 4 members (excludes halogenated alkanes) is 2. The Hall–Kier alpha value is -1.14. The van der Waals surface area contributed by atoms with Gasteiger partial charge in [0.1, 0.15) is 0 Å². The molecule has 0 aliphatic heterocycles. The summed E-state index contributed by atoms with van der Waals surface area (Å²) in [5, 5.41) is 17.9. The van der Waals surface area contributed by atoms with E-state index in [-0.39, 0.29) is 13.2 Å². The summed E-state index contributed by atoms with van der Waals surface area (Å²) in [5.41, 5.74) is 0. The number of hydrogen-bond acceptors (Lipinski definition) is 4. The highest BCUT2D eigenvalue weighted by Gasteiger charge is 2.19. The van der Waals surface area contributed by atoms with Gasteiger partial charge in [-0.25, -0.2) is 9.59 Å². The summed E-state index contributed by atoms with van der Waals surface area (Å²) in [6.07, 6.45) is 2.63. The van der Waals surface area contributed by atoms with Crippen LogP contribution in [0, 0.1) is 0 Å². The van der Waals surface area contributed by atoms with E-state index in [1.165, 1.54) is 0 Å². The van der Waals surface area contributed by atoms with Crippen LogP contribution in [0.1, 0.15) is 52.4 Å². The molecule has 0 aromatic heterocycles. The summed E-state index contributed by atoms with van der Waals surface area (Å²) in [6.45, 7) is 4.15. The second-order valence-electron chi connectivity index (χ2n) is 4.68. The zero-order chi connectivity index (χ0) is 15.4. The fourth-order valence-corrected chi connectivity index (χ4v) is 1.72. The average Bonchev–Trinajstić information content (AvgIpc) is 2.40. The molecule has 0 heterocycles. The van der Waals surface area contributed by atoms with Gasteiger partial charge in [-0.2, -0.15) is 0 Å². The lowest BCUT2D eigenvalue weighted by molar-refractivity contribution is -0.157. The van der Waals surface area contributed by atoms with Crippen molar-refractivity contribution < 1.29 is 29.3 Å². The summed E-state index contributed by atoms with van der Waals surface area (Å²) < 4.78 is 10.4. The predicted molar refractivity (Wildman–Crippen MR) is 73.8 cm³/mol. The van der Waals surface area contributed by atoms with Crippen molar-refractivity contribution in [1.29, 1.82) is 0 Å². The lowest BCUT2D eigenvalue weighted by Gasteiger charge is -2.16. The second-order valence-corrected chi connectivity index (χ2v) is 4.68. The van der Waals surface area contributed by atoms with E-state index in [2.05, 4.69) is 0 Å². The van der Waals surface area contributed by atoms with E-state index in [0.717, 1.165) is 25.7 Å². The number of carboxylic acids is 2. The van der Waals surface area contributed by atoms with Gasteiger partial charge in [0, 0.05) is 0 Å². The Kier molecular flexibility index (Phi) is 11.0. The van der Waals surface area contributed by atoms with Gasteiger partial charge in [-0.1, -0.05) is 39.5 Å². The zero-order valence-electron chi connectivity index (χ0n) is 12.3. The lowest BCUT2D eigenvalue weighted by Crippen LogP contribution is -2.28. The first-order valence-electron chi connectivity index (χ1n) is 7.21. The molecule has 0 aliphatic carbocycles. The van der Waals surface area contributed by atoms with E-state index in [1.807, 2.05) is 13.8 Å². The maximum absolute atomic E-state index is 10.9. The molecule has 0 aromatic rings. The van der Waals surface area contributed by atoms with E-state index in [1.54, 1.807) is 0 Å². The van der Waals surface area contributed by atoms with Crippen molar-refractivity contribution in [2.75, 3.05) is 13.2 Å². The Morgan fingerprint density at radius 1 is 0.850 bits per heavy atom. The molecule has 0 spiro atoms. The smallest absolute Gasteiger partial charge is 0.332 e. The minimum absolute atomic E-state index is 0.0938. The van der Waals surface area contributed by atoms with Gasteiger partial charge < -0.3 is 19.7 Å². The molecule has 0 rings (SSSR count). The van der Waals surface area contributed by atoms with Gasteiger partial charge in [-0.3, -0.25) is 0 Å². The minimum Gasteiger partial charge on any atom is -0.479 e. The third-order valence-corrected chi connectivity index (χ3v) is 2.91. The highest BCUT2D eigenvalue weighted by atomic mass is 16.6. The van der Waals surface area contributed by atoms with Crippen LogP contribution in [0.15, 0.2) is 0 Å². The van der Waals surface area contributed by atoms with Gasteiger partial charge in [0.2, 0.25) is 0 Å². The van der Waals surface area contributed by atoms with E-state index in [0.29, 0.717) is 12.8 Å². The molecule has 2 N–H and O–H groups in total. The molecule has 0 bridgehead atoms. The van der Waals surface area contributed by atoms with Crippen LogP contribution in [-0.4, -0.2) is 47.6 Å². The Morgan fingerprint density at radius 2 is 1.20 bits per heavy atom. The quantitative estimate of drug-likeness (QED) is 0.506. The van der Waals surface area contributed by atoms with E-state index >= 15 is 0 Å². The molecule has 6 heteroatoms. The molecular formula is C14H26O6. The molecule has 0 saturated carbocycles. The summed E-state index contributed by atoms with van der Waals surface area (Å²) in [4.78, 5) is 21.8. The van der Waals surface area contributed by atoms with Crippen LogP contribution in [0.4, 0.5) is 0 Å². The van der Waals surface area contributed by atoms with Crippen LogP contribution in [0.3, 0.4) is 0 Å². The van der Waals surface area contributed by atoms with Crippen molar-refractivity contribution in [3.05, 3.63) is 0 Å². The number of hydrogen-bond donors (Lipinski definition) is 2. The van der Waals surface area contributed by atoms with Crippen molar-refractivity contribution in [1.82, 2.24) is 0 Å². The van der Waals surface area contributed by atoms with Gasteiger partial charge >= 0.3 is 11.9 Å².